The summed E-state index contributed by atoms with van der Waals surface area (Å²) in [5.41, 5.74) is 8.47. The zero-order valence-electron chi connectivity index (χ0n) is 11.5. The number of ether oxygens (including phenoxy) is 1. The van der Waals surface area contributed by atoms with E-state index in [1.165, 1.54) is 11.1 Å². The van der Waals surface area contributed by atoms with Crippen LogP contribution in [0.4, 0.5) is 0 Å². The predicted molar refractivity (Wildman–Crippen MR) is 73.7 cm³/mol. The monoisotopic (exact) mass is 235 g/mol. The van der Waals surface area contributed by atoms with E-state index in [4.69, 9.17) is 10.5 Å². The van der Waals surface area contributed by atoms with E-state index < -0.39 is 0 Å². The largest absolute Gasteiger partial charge is 0.494 e. The van der Waals surface area contributed by atoms with E-state index in [1.807, 2.05) is 13.8 Å². The van der Waals surface area contributed by atoms with E-state index in [2.05, 4.69) is 32.0 Å². The van der Waals surface area contributed by atoms with Gasteiger partial charge in [-0.05, 0) is 49.8 Å². The maximum absolute atomic E-state index is 5.85. The van der Waals surface area contributed by atoms with Gasteiger partial charge in [-0.15, -0.1) is 0 Å². The molecule has 0 radical (unpaired) electrons. The summed E-state index contributed by atoms with van der Waals surface area (Å²) in [5.74, 6) is 1.56. The SMILES string of the molecule is CCOc1ccc(CC(C)N)cc1C(C)CC. The summed E-state index contributed by atoms with van der Waals surface area (Å²) in [6, 6.07) is 6.67. The van der Waals surface area contributed by atoms with Gasteiger partial charge in [-0.1, -0.05) is 26.0 Å². The maximum Gasteiger partial charge on any atom is 0.122 e. The van der Waals surface area contributed by atoms with Gasteiger partial charge in [-0.25, -0.2) is 0 Å². The van der Waals surface area contributed by atoms with Gasteiger partial charge >= 0.3 is 0 Å². The summed E-state index contributed by atoms with van der Waals surface area (Å²) in [6.07, 6.45) is 2.05. The fourth-order valence-electron chi connectivity index (χ4n) is 1.99. The first-order valence-corrected chi connectivity index (χ1v) is 6.59. The molecule has 0 aromatic heterocycles. The molecule has 0 bridgehead atoms. The fourth-order valence-corrected chi connectivity index (χ4v) is 1.99. The van der Waals surface area contributed by atoms with Crippen molar-refractivity contribution in [1.82, 2.24) is 0 Å². The molecule has 0 spiro atoms. The van der Waals surface area contributed by atoms with E-state index in [0.29, 0.717) is 5.92 Å². The molecule has 0 saturated heterocycles. The average Bonchev–Trinajstić information content (AvgIpc) is 2.29. The Balaban J connectivity index is 3.00. The van der Waals surface area contributed by atoms with E-state index in [9.17, 15) is 0 Å². The third-order valence-corrected chi connectivity index (χ3v) is 3.08. The lowest BCUT2D eigenvalue weighted by Crippen LogP contribution is -2.18. The Morgan fingerprint density at radius 3 is 2.47 bits per heavy atom. The van der Waals surface area contributed by atoms with Gasteiger partial charge in [0.2, 0.25) is 0 Å². The summed E-state index contributed by atoms with van der Waals surface area (Å²) < 4.78 is 5.69. The summed E-state index contributed by atoms with van der Waals surface area (Å²) in [5, 5.41) is 0. The summed E-state index contributed by atoms with van der Waals surface area (Å²) in [4.78, 5) is 0. The molecule has 17 heavy (non-hydrogen) atoms. The Morgan fingerprint density at radius 2 is 1.94 bits per heavy atom. The van der Waals surface area contributed by atoms with Crippen LogP contribution in [0.25, 0.3) is 0 Å². The van der Waals surface area contributed by atoms with Crippen molar-refractivity contribution in [2.45, 2.75) is 52.5 Å². The number of hydrogen-bond donors (Lipinski definition) is 1. The van der Waals surface area contributed by atoms with Crippen molar-refractivity contribution in [2.75, 3.05) is 6.61 Å². The van der Waals surface area contributed by atoms with Crippen molar-refractivity contribution in [2.24, 2.45) is 5.73 Å². The highest BCUT2D eigenvalue weighted by Gasteiger charge is 2.11. The van der Waals surface area contributed by atoms with Crippen molar-refractivity contribution >= 4 is 0 Å². The molecule has 0 aliphatic carbocycles. The van der Waals surface area contributed by atoms with Gasteiger partial charge in [0.25, 0.3) is 0 Å². The first kappa shape index (κ1) is 14.0. The molecule has 96 valence electrons. The Bertz CT molecular complexity index is 347. The molecule has 2 N–H and O–H groups in total. The second-order valence-electron chi connectivity index (χ2n) is 4.80. The Kier molecular flexibility index (Phi) is 5.49. The van der Waals surface area contributed by atoms with Gasteiger partial charge in [0, 0.05) is 6.04 Å². The van der Waals surface area contributed by atoms with Crippen LogP contribution in [0.5, 0.6) is 5.75 Å². The van der Waals surface area contributed by atoms with E-state index in [0.717, 1.165) is 25.2 Å². The van der Waals surface area contributed by atoms with Gasteiger partial charge in [0.05, 0.1) is 6.61 Å². The molecular formula is C15H25NO. The van der Waals surface area contributed by atoms with Crippen LogP contribution in [-0.4, -0.2) is 12.6 Å². The van der Waals surface area contributed by atoms with Crippen LogP contribution in [0.15, 0.2) is 18.2 Å². The van der Waals surface area contributed by atoms with E-state index in [-0.39, 0.29) is 6.04 Å². The van der Waals surface area contributed by atoms with Crippen LogP contribution in [0.2, 0.25) is 0 Å². The minimum Gasteiger partial charge on any atom is -0.494 e. The summed E-state index contributed by atoms with van der Waals surface area (Å²) >= 11 is 0. The van der Waals surface area contributed by atoms with Crippen molar-refractivity contribution in [3.05, 3.63) is 29.3 Å². The minimum absolute atomic E-state index is 0.206. The first-order chi connectivity index (χ1) is 8.08. The molecule has 1 aromatic rings. The number of nitrogens with two attached hydrogens (primary N) is 1. The lowest BCUT2D eigenvalue weighted by molar-refractivity contribution is 0.334. The van der Waals surface area contributed by atoms with Crippen molar-refractivity contribution in [3.63, 3.8) is 0 Å². The van der Waals surface area contributed by atoms with Gasteiger partial charge in [0.1, 0.15) is 5.75 Å². The Hall–Kier alpha value is -1.02. The van der Waals surface area contributed by atoms with Gasteiger partial charge in [-0.3, -0.25) is 0 Å². The number of benzene rings is 1. The molecule has 0 heterocycles. The lowest BCUT2D eigenvalue weighted by Gasteiger charge is -2.17. The standard InChI is InChI=1S/C15H25NO/c1-5-11(3)14-10-13(9-12(4)16)7-8-15(14)17-6-2/h7-8,10-12H,5-6,9,16H2,1-4H3. The topological polar surface area (TPSA) is 35.2 Å². The van der Waals surface area contributed by atoms with Crippen LogP contribution in [-0.2, 0) is 6.42 Å². The molecule has 2 atom stereocenters. The highest BCUT2D eigenvalue weighted by Crippen LogP contribution is 2.30. The molecule has 0 aliphatic rings. The normalized spacial score (nSPS) is 14.4. The quantitative estimate of drug-likeness (QED) is 0.819. The molecule has 2 nitrogen and oxygen atoms in total. The minimum atomic E-state index is 0.206. The smallest absolute Gasteiger partial charge is 0.122 e. The predicted octanol–water partition coefficient (Wildman–Crippen LogP) is 3.49. The first-order valence-electron chi connectivity index (χ1n) is 6.59. The van der Waals surface area contributed by atoms with Crippen LogP contribution in [0.1, 0.15) is 51.2 Å². The maximum atomic E-state index is 5.85. The molecule has 0 fully saturated rings. The van der Waals surface area contributed by atoms with Gasteiger partial charge in [0.15, 0.2) is 0 Å². The van der Waals surface area contributed by atoms with Crippen LogP contribution >= 0.6 is 0 Å². The highest BCUT2D eigenvalue weighted by molar-refractivity contribution is 5.39. The van der Waals surface area contributed by atoms with Crippen LogP contribution in [0, 0.1) is 0 Å². The molecule has 2 unspecified atom stereocenters. The second-order valence-corrected chi connectivity index (χ2v) is 4.80. The average molecular weight is 235 g/mol. The van der Waals surface area contributed by atoms with Gasteiger partial charge in [-0.2, -0.15) is 0 Å². The zero-order valence-corrected chi connectivity index (χ0v) is 11.5. The number of rotatable bonds is 6. The van der Waals surface area contributed by atoms with Crippen LogP contribution in [0.3, 0.4) is 0 Å². The van der Waals surface area contributed by atoms with E-state index >= 15 is 0 Å². The van der Waals surface area contributed by atoms with Crippen molar-refractivity contribution in [1.29, 1.82) is 0 Å². The third-order valence-electron chi connectivity index (χ3n) is 3.08. The summed E-state index contributed by atoms with van der Waals surface area (Å²) in [7, 11) is 0. The molecule has 0 saturated carbocycles. The van der Waals surface area contributed by atoms with Crippen molar-refractivity contribution < 1.29 is 4.74 Å². The molecule has 0 amide bonds. The van der Waals surface area contributed by atoms with Gasteiger partial charge < -0.3 is 10.5 Å². The van der Waals surface area contributed by atoms with Crippen molar-refractivity contribution in [3.8, 4) is 5.75 Å². The fraction of sp³-hybridized carbons (Fsp3) is 0.600. The highest BCUT2D eigenvalue weighted by atomic mass is 16.5. The molecule has 1 aromatic carbocycles. The summed E-state index contributed by atoms with van der Waals surface area (Å²) in [6.45, 7) is 9.23. The van der Waals surface area contributed by atoms with Crippen LogP contribution < -0.4 is 10.5 Å². The molecular weight excluding hydrogens is 210 g/mol. The zero-order chi connectivity index (χ0) is 12.8. The van der Waals surface area contributed by atoms with E-state index in [1.54, 1.807) is 0 Å². The molecule has 0 aliphatic heterocycles. The Morgan fingerprint density at radius 1 is 1.24 bits per heavy atom. The lowest BCUT2D eigenvalue weighted by atomic mass is 9.94. The molecule has 2 heteroatoms. The Labute approximate surface area is 105 Å². The number of hydrogen-bond acceptors (Lipinski definition) is 2. The third kappa shape index (κ3) is 4.04. The second kappa shape index (κ2) is 6.65. The molecule has 1 rings (SSSR count).